The zero-order valence-corrected chi connectivity index (χ0v) is 16.4. The van der Waals surface area contributed by atoms with Crippen molar-refractivity contribution < 1.29 is 14.3 Å². The molecule has 2 aromatic carbocycles. The average molecular weight is 367 g/mol. The molecular weight excluding hydrogens is 336 g/mol. The molecule has 0 aliphatic heterocycles. The van der Waals surface area contributed by atoms with Gasteiger partial charge in [-0.25, -0.2) is 0 Å². The zero-order chi connectivity index (χ0) is 19.3. The fraction of sp³-hybridized carbons (Fsp3) is 0.375. The van der Waals surface area contributed by atoms with Gasteiger partial charge in [-0.05, 0) is 54.5 Å². The predicted molar refractivity (Wildman–Crippen MR) is 112 cm³/mol. The molecule has 0 radical (unpaired) electrons. The van der Waals surface area contributed by atoms with Gasteiger partial charge in [0, 0.05) is 5.56 Å². The van der Waals surface area contributed by atoms with Gasteiger partial charge in [0.2, 0.25) is 0 Å². The molecule has 2 aromatic rings. The number of ether oxygens (including phenoxy) is 2. The van der Waals surface area contributed by atoms with E-state index in [9.17, 15) is 4.79 Å². The van der Waals surface area contributed by atoms with Crippen LogP contribution in [0.3, 0.4) is 0 Å². The summed E-state index contributed by atoms with van der Waals surface area (Å²) in [5, 5.41) is 0. The standard InChI is InChI=1S/C24H30O3/c1-3-4-5-6-7-8-19-27-23-14-9-20(10-15-23)11-18-24(25)21-12-16-22(26-2)17-13-21/h9-18H,3-8,19H2,1-2H3/b18-11+. The normalized spacial score (nSPS) is 10.9. The van der Waals surface area contributed by atoms with Gasteiger partial charge >= 0.3 is 0 Å². The van der Waals surface area contributed by atoms with Crippen LogP contribution in [0.25, 0.3) is 6.08 Å². The number of methoxy groups -OCH3 is 1. The summed E-state index contributed by atoms with van der Waals surface area (Å²) in [4.78, 5) is 12.2. The highest BCUT2D eigenvalue weighted by molar-refractivity contribution is 6.06. The van der Waals surface area contributed by atoms with Crippen molar-refractivity contribution in [2.24, 2.45) is 0 Å². The predicted octanol–water partition coefficient (Wildman–Crippen LogP) is 6.33. The summed E-state index contributed by atoms with van der Waals surface area (Å²) in [6.07, 6.45) is 11.0. The van der Waals surface area contributed by atoms with E-state index in [1.54, 1.807) is 37.5 Å². The van der Waals surface area contributed by atoms with Gasteiger partial charge in [0.05, 0.1) is 13.7 Å². The van der Waals surface area contributed by atoms with Crippen LogP contribution in [0.2, 0.25) is 0 Å². The Bertz CT molecular complexity index is 699. The average Bonchev–Trinajstić information content (AvgIpc) is 2.72. The topological polar surface area (TPSA) is 35.5 Å². The number of ketones is 1. The van der Waals surface area contributed by atoms with Gasteiger partial charge in [-0.1, -0.05) is 57.2 Å². The van der Waals surface area contributed by atoms with Crippen molar-refractivity contribution in [2.45, 2.75) is 45.4 Å². The highest BCUT2D eigenvalue weighted by Crippen LogP contribution is 2.16. The molecule has 0 saturated heterocycles. The number of carbonyl (C=O) groups excluding carboxylic acids is 1. The minimum Gasteiger partial charge on any atom is -0.497 e. The lowest BCUT2D eigenvalue weighted by Gasteiger charge is -2.06. The Labute approximate surface area is 163 Å². The molecule has 0 unspecified atom stereocenters. The summed E-state index contributed by atoms with van der Waals surface area (Å²) in [7, 11) is 1.61. The van der Waals surface area contributed by atoms with Crippen molar-refractivity contribution in [3.63, 3.8) is 0 Å². The van der Waals surface area contributed by atoms with E-state index in [-0.39, 0.29) is 5.78 Å². The van der Waals surface area contributed by atoms with E-state index in [1.807, 2.05) is 30.3 Å². The number of hydrogen-bond donors (Lipinski definition) is 0. The van der Waals surface area contributed by atoms with Gasteiger partial charge in [-0.3, -0.25) is 4.79 Å². The van der Waals surface area contributed by atoms with Crippen molar-refractivity contribution in [1.82, 2.24) is 0 Å². The summed E-state index contributed by atoms with van der Waals surface area (Å²) in [6, 6.07) is 15.0. The van der Waals surface area contributed by atoms with Crippen LogP contribution in [-0.4, -0.2) is 19.5 Å². The third-order valence-electron chi connectivity index (χ3n) is 4.45. The maximum atomic E-state index is 12.2. The molecule has 0 amide bonds. The minimum atomic E-state index is -0.0268. The Kier molecular flexibility index (Phi) is 9.19. The highest BCUT2D eigenvalue weighted by Gasteiger charge is 2.02. The van der Waals surface area contributed by atoms with Crippen molar-refractivity contribution >= 4 is 11.9 Å². The molecule has 0 spiro atoms. The molecule has 0 aliphatic carbocycles. The molecule has 0 heterocycles. The second kappa shape index (κ2) is 11.9. The Morgan fingerprint density at radius 3 is 2.15 bits per heavy atom. The molecular formula is C24H30O3. The number of carbonyl (C=O) groups is 1. The molecule has 0 aromatic heterocycles. The second-order valence-electron chi connectivity index (χ2n) is 6.61. The summed E-state index contributed by atoms with van der Waals surface area (Å²) < 4.78 is 10.9. The van der Waals surface area contributed by atoms with Gasteiger partial charge in [0.25, 0.3) is 0 Å². The molecule has 2 rings (SSSR count). The Morgan fingerprint density at radius 2 is 1.48 bits per heavy atom. The van der Waals surface area contributed by atoms with E-state index < -0.39 is 0 Å². The van der Waals surface area contributed by atoms with Gasteiger partial charge in [-0.2, -0.15) is 0 Å². The van der Waals surface area contributed by atoms with Gasteiger partial charge in [0.15, 0.2) is 5.78 Å². The highest BCUT2D eigenvalue weighted by atomic mass is 16.5. The summed E-state index contributed by atoms with van der Waals surface area (Å²) in [5.74, 6) is 1.59. The fourth-order valence-corrected chi connectivity index (χ4v) is 2.77. The van der Waals surface area contributed by atoms with Crippen molar-refractivity contribution in [3.8, 4) is 11.5 Å². The maximum absolute atomic E-state index is 12.2. The van der Waals surface area contributed by atoms with E-state index in [2.05, 4.69) is 6.92 Å². The number of hydrogen-bond acceptors (Lipinski definition) is 3. The van der Waals surface area contributed by atoms with Gasteiger partial charge < -0.3 is 9.47 Å². The third kappa shape index (κ3) is 7.69. The van der Waals surface area contributed by atoms with E-state index in [0.717, 1.165) is 30.1 Å². The first kappa shape index (κ1) is 20.8. The van der Waals surface area contributed by atoms with Gasteiger partial charge in [-0.15, -0.1) is 0 Å². The summed E-state index contributed by atoms with van der Waals surface area (Å²) in [5.41, 5.74) is 1.62. The smallest absolute Gasteiger partial charge is 0.185 e. The van der Waals surface area contributed by atoms with E-state index in [4.69, 9.17) is 9.47 Å². The largest absolute Gasteiger partial charge is 0.497 e. The van der Waals surface area contributed by atoms with Crippen LogP contribution in [-0.2, 0) is 0 Å². The lowest BCUT2D eigenvalue weighted by atomic mass is 10.1. The van der Waals surface area contributed by atoms with E-state index in [1.165, 1.54) is 32.1 Å². The molecule has 144 valence electrons. The Morgan fingerprint density at radius 1 is 0.852 bits per heavy atom. The molecule has 0 aliphatic rings. The quantitative estimate of drug-likeness (QED) is 0.250. The Hall–Kier alpha value is -2.55. The van der Waals surface area contributed by atoms with Crippen LogP contribution in [0.5, 0.6) is 11.5 Å². The van der Waals surface area contributed by atoms with Crippen LogP contribution in [0.1, 0.15) is 61.4 Å². The first-order valence-electron chi connectivity index (χ1n) is 9.82. The molecule has 0 N–H and O–H groups in total. The fourth-order valence-electron chi connectivity index (χ4n) is 2.77. The van der Waals surface area contributed by atoms with E-state index >= 15 is 0 Å². The molecule has 27 heavy (non-hydrogen) atoms. The minimum absolute atomic E-state index is 0.0268. The SMILES string of the molecule is CCCCCCCCOc1ccc(/C=C/C(=O)c2ccc(OC)cc2)cc1. The van der Waals surface area contributed by atoms with Crippen LogP contribution < -0.4 is 9.47 Å². The zero-order valence-electron chi connectivity index (χ0n) is 16.4. The number of rotatable bonds is 12. The van der Waals surface area contributed by atoms with Crippen molar-refractivity contribution in [3.05, 3.63) is 65.7 Å². The molecule has 0 bridgehead atoms. The van der Waals surface area contributed by atoms with Gasteiger partial charge in [0.1, 0.15) is 11.5 Å². The maximum Gasteiger partial charge on any atom is 0.185 e. The summed E-state index contributed by atoms with van der Waals surface area (Å²) in [6.45, 7) is 2.99. The van der Waals surface area contributed by atoms with Crippen molar-refractivity contribution in [1.29, 1.82) is 0 Å². The number of allylic oxidation sites excluding steroid dienone is 1. The van der Waals surface area contributed by atoms with Crippen LogP contribution >= 0.6 is 0 Å². The van der Waals surface area contributed by atoms with Crippen LogP contribution in [0, 0.1) is 0 Å². The lowest BCUT2D eigenvalue weighted by molar-refractivity contribution is 0.104. The molecule has 0 atom stereocenters. The molecule has 3 heteroatoms. The summed E-state index contributed by atoms with van der Waals surface area (Å²) >= 11 is 0. The molecule has 3 nitrogen and oxygen atoms in total. The van der Waals surface area contributed by atoms with Crippen LogP contribution in [0.4, 0.5) is 0 Å². The first-order chi connectivity index (χ1) is 13.2. The molecule has 0 fully saturated rings. The second-order valence-corrected chi connectivity index (χ2v) is 6.61. The first-order valence-corrected chi connectivity index (χ1v) is 9.82. The molecule has 0 saturated carbocycles. The Balaban J connectivity index is 1.75. The third-order valence-corrected chi connectivity index (χ3v) is 4.45. The lowest BCUT2D eigenvalue weighted by Crippen LogP contribution is -1.97. The monoisotopic (exact) mass is 366 g/mol. The number of unbranched alkanes of at least 4 members (excludes halogenated alkanes) is 5. The van der Waals surface area contributed by atoms with Crippen LogP contribution in [0.15, 0.2) is 54.6 Å². The van der Waals surface area contributed by atoms with E-state index in [0.29, 0.717) is 5.56 Å². The van der Waals surface area contributed by atoms with Crippen molar-refractivity contribution in [2.75, 3.05) is 13.7 Å². The number of benzene rings is 2.